The lowest BCUT2D eigenvalue weighted by Crippen LogP contribution is -2.19. The van der Waals surface area contributed by atoms with Crippen molar-refractivity contribution in [3.8, 4) is 0 Å². The largest absolute Gasteiger partial charge is 0.389 e. The molecule has 1 unspecified atom stereocenters. The van der Waals surface area contributed by atoms with Gasteiger partial charge in [-0.15, -0.1) is 0 Å². The quantitative estimate of drug-likeness (QED) is 0.682. The fourth-order valence-electron chi connectivity index (χ4n) is 2.35. The molecule has 82 valence electrons. The molecule has 1 atom stereocenters. The molecule has 0 aromatic heterocycles. The standard InChI is InChI=1S/C13H24O/c1-10(2)13(14)11(3)9-12-7-5-4-6-8-12/h10,12-14H,3-9H2,1-2H3. The Labute approximate surface area is 88.2 Å². The van der Waals surface area contributed by atoms with E-state index in [-0.39, 0.29) is 6.10 Å². The van der Waals surface area contributed by atoms with Gasteiger partial charge in [0.15, 0.2) is 0 Å². The summed E-state index contributed by atoms with van der Waals surface area (Å²) in [5, 5.41) is 9.83. The predicted molar refractivity (Wildman–Crippen MR) is 61.2 cm³/mol. The van der Waals surface area contributed by atoms with Gasteiger partial charge in [-0.2, -0.15) is 0 Å². The first-order chi connectivity index (χ1) is 6.61. The van der Waals surface area contributed by atoms with Crippen LogP contribution in [0.3, 0.4) is 0 Å². The Balaban J connectivity index is 2.31. The molecule has 1 rings (SSSR count). The van der Waals surface area contributed by atoms with Crippen molar-refractivity contribution in [2.75, 3.05) is 0 Å². The molecule has 1 nitrogen and oxygen atoms in total. The van der Waals surface area contributed by atoms with Gasteiger partial charge < -0.3 is 5.11 Å². The monoisotopic (exact) mass is 196 g/mol. The molecule has 0 bridgehead atoms. The molecule has 1 N–H and O–H groups in total. The van der Waals surface area contributed by atoms with Gasteiger partial charge in [-0.1, -0.05) is 52.5 Å². The Morgan fingerprint density at radius 2 is 1.86 bits per heavy atom. The summed E-state index contributed by atoms with van der Waals surface area (Å²) in [6, 6.07) is 0. The van der Waals surface area contributed by atoms with E-state index in [1.54, 1.807) is 0 Å². The highest BCUT2D eigenvalue weighted by molar-refractivity contribution is 5.04. The summed E-state index contributed by atoms with van der Waals surface area (Å²) in [5.41, 5.74) is 1.05. The Morgan fingerprint density at radius 3 is 2.36 bits per heavy atom. The topological polar surface area (TPSA) is 20.2 Å². The van der Waals surface area contributed by atoms with Gasteiger partial charge in [0.05, 0.1) is 6.10 Å². The molecule has 0 amide bonds. The van der Waals surface area contributed by atoms with Crippen LogP contribution in [0.25, 0.3) is 0 Å². The molecule has 0 aromatic carbocycles. The lowest BCUT2D eigenvalue weighted by molar-refractivity contribution is 0.151. The Morgan fingerprint density at radius 1 is 1.29 bits per heavy atom. The first kappa shape index (κ1) is 11.8. The molecule has 1 aliphatic carbocycles. The highest BCUT2D eigenvalue weighted by Crippen LogP contribution is 2.30. The van der Waals surface area contributed by atoms with Gasteiger partial charge in [-0.05, 0) is 23.8 Å². The maximum atomic E-state index is 9.83. The van der Waals surface area contributed by atoms with Crippen LogP contribution in [-0.2, 0) is 0 Å². The number of aliphatic hydroxyl groups excluding tert-OH is 1. The Kier molecular flexibility index (Phi) is 4.67. The highest BCUT2D eigenvalue weighted by Gasteiger charge is 2.19. The summed E-state index contributed by atoms with van der Waals surface area (Å²) in [6.07, 6.45) is 7.56. The molecule has 1 aliphatic rings. The summed E-state index contributed by atoms with van der Waals surface area (Å²) in [5.74, 6) is 1.11. The van der Waals surface area contributed by atoms with Gasteiger partial charge >= 0.3 is 0 Å². The summed E-state index contributed by atoms with van der Waals surface area (Å²) >= 11 is 0. The zero-order valence-electron chi connectivity index (χ0n) is 9.63. The van der Waals surface area contributed by atoms with Crippen molar-refractivity contribution in [2.45, 2.75) is 58.5 Å². The minimum atomic E-state index is -0.295. The zero-order chi connectivity index (χ0) is 10.6. The maximum absolute atomic E-state index is 9.83. The van der Waals surface area contributed by atoms with Crippen LogP contribution in [0.15, 0.2) is 12.2 Å². The van der Waals surface area contributed by atoms with Crippen molar-refractivity contribution in [1.82, 2.24) is 0 Å². The molecule has 0 saturated heterocycles. The van der Waals surface area contributed by atoms with Gasteiger partial charge in [0.2, 0.25) is 0 Å². The minimum Gasteiger partial charge on any atom is -0.389 e. The van der Waals surface area contributed by atoms with Crippen molar-refractivity contribution in [1.29, 1.82) is 0 Å². The first-order valence-electron chi connectivity index (χ1n) is 5.97. The summed E-state index contributed by atoms with van der Waals surface area (Å²) in [4.78, 5) is 0. The molecule has 1 fully saturated rings. The normalized spacial score (nSPS) is 21.1. The zero-order valence-corrected chi connectivity index (χ0v) is 9.63. The third-order valence-corrected chi connectivity index (χ3v) is 3.33. The van der Waals surface area contributed by atoms with Gasteiger partial charge in [0.1, 0.15) is 0 Å². The van der Waals surface area contributed by atoms with Crippen molar-refractivity contribution in [3.63, 3.8) is 0 Å². The highest BCUT2D eigenvalue weighted by atomic mass is 16.3. The second-order valence-electron chi connectivity index (χ2n) is 5.06. The molecule has 1 heteroatoms. The van der Waals surface area contributed by atoms with Gasteiger partial charge in [0.25, 0.3) is 0 Å². The summed E-state index contributed by atoms with van der Waals surface area (Å²) < 4.78 is 0. The molecule has 0 aromatic rings. The third kappa shape index (κ3) is 3.45. The number of hydrogen-bond donors (Lipinski definition) is 1. The number of aliphatic hydroxyl groups is 1. The van der Waals surface area contributed by atoms with E-state index in [0.717, 1.165) is 17.9 Å². The van der Waals surface area contributed by atoms with E-state index in [1.807, 2.05) is 0 Å². The van der Waals surface area contributed by atoms with Crippen LogP contribution in [0.2, 0.25) is 0 Å². The second kappa shape index (κ2) is 5.55. The van der Waals surface area contributed by atoms with Crippen LogP contribution in [0.4, 0.5) is 0 Å². The molecule has 0 radical (unpaired) electrons. The SMILES string of the molecule is C=C(CC1CCCCC1)C(O)C(C)C. The smallest absolute Gasteiger partial charge is 0.0770 e. The number of hydrogen-bond acceptors (Lipinski definition) is 1. The molecule has 0 aliphatic heterocycles. The predicted octanol–water partition coefficient (Wildman–Crippen LogP) is 3.53. The summed E-state index contributed by atoms with van der Waals surface area (Å²) in [6.45, 7) is 8.12. The van der Waals surface area contributed by atoms with E-state index < -0.39 is 0 Å². The molecular weight excluding hydrogens is 172 g/mol. The van der Waals surface area contributed by atoms with Crippen LogP contribution in [-0.4, -0.2) is 11.2 Å². The van der Waals surface area contributed by atoms with E-state index in [4.69, 9.17) is 0 Å². The molecular formula is C13H24O. The maximum Gasteiger partial charge on any atom is 0.0770 e. The lowest BCUT2D eigenvalue weighted by atomic mass is 9.83. The van der Waals surface area contributed by atoms with Gasteiger partial charge in [-0.25, -0.2) is 0 Å². The van der Waals surface area contributed by atoms with Crippen LogP contribution in [0.5, 0.6) is 0 Å². The van der Waals surface area contributed by atoms with E-state index in [9.17, 15) is 5.11 Å². The minimum absolute atomic E-state index is 0.295. The van der Waals surface area contributed by atoms with E-state index in [1.165, 1.54) is 32.1 Å². The molecule has 0 spiro atoms. The lowest BCUT2D eigenvalue weighted by Gasteiger charge is -2.25. The van der Waals surface area contributed by atoms with Crippen LogP contribution in [0.1, 0.15) is 52.4 Å². The van der Waals surface area contributed by atoms with Crippen LogP contribution >= 0.6 is 0 Å². The average molecular weight is 196 g/mol. The third-order valence-electron chi connectivity index (χ3n) is 3.33. The van der Waals surface area contributed by atoms with E-state index in [0.29, 0.717) is 5.92 Å². The van der Waals surface area contributed by atoms with Gasteiger partial charge in [0, 0.05) is 0 Å². The Hall–Kier alpha value is -0.300. The Bertz CT molecular complexity index is 178. The van der Waals surface area contributed by atoms with E-state index in [2.05, 4.69) is 20.4 Å². The fourth-order valence-corrected chi connectivity index (χ4v) is 2.35. The second-order valence-corrected chi connectivity index (χ2v) is 5.06. The molecule has 0 heterocycles. The summed E-state index contributed by atoms with van der Waals surface area (Å²) in [7, 11) is 0. The van der Waals surface area contributed by atoms with Crippen molar-refractivity contribution >= 4 is 0 Å². The fraction of sp³-hybridized carbons (Fsp3) is 0.846. The molecule has 14 heavy (non-hydrogen) atoms. The molecule has 1 saturated carbocycles. The van der Waals surface area contributed by atoms with E-state index >= 15 is 0 Å². The average Bonchev–Trinajstić information content (AvgIpc) is 2.18. The van der Waals surface area contributed by atoms with Crippen molar-refractivity contribution in [3.05, 3.63) is 12.2 Å². The van der Waals surface area contributed by atoms with Crippen LogP contribution < -0.4 is 0 Å². The first-order valence-corrected chi connectivity index (χ1v) is 5.97. The number of rotatable bonds is 4. The van der Waals surface area contributed by atoms with Gasteiger partial charge in [-0.3, -0.25) is 0 Å². The van der Waals surface area contributed by atoms with Crippen molar-refractivity contribution < 1.29 is 5.11 Å². The van der Waals surface area contributed by atoms with Crippen LogP contribution in [0, 0.1) is 11.8 Å². The van der Waals surface area contributed by atoms with Crippen molar-refractivity contribution in [2.24, 2.45) is 11.8 Å².